The van der Waals surface area contributed by atoms with Gasteiger partial charge in [0.1, 0.15) is 11.5 Å². The number of nitrogens with zero attached hydrogens (tertiary/aromatic N) is 4. The number of halogens is 2. The lowest BCUT2D eigenvalue weighted by atomic mass is 10.2. The largest absolute Gasteiger partial charge is 0.483 e. The van der Waals surface area contributed by atoms with E-state index in [9.17, 15) is 17.6 Å². The molecule has 0 amide bonds. The second-order valence-electron chi connectivity index (χ2n) is 8.43. The fraction of sp³-hybridized carbons (Fsp3) is 0.545. The Morgan fingerprint density at radius 1 is 1.15 bits per heavy atom. The van der Waals surface area contributed by atoms with E-state index in [1.807, 2.05) is 11.8 Å². The molecule has 33 heavy (non-hydrogen) atoms. The third-order valence-electron chi connectivity index (χ3n) is 6.03. The average molecular weight is 499 g/mol. The molecule has 1 aromatic carbocycles. The van der Waals surface area contributed by atoms with Gasteiger partial charge in [-0.05, 0) is 50.3 Å². The molecule has 0 unspecified atom stereocenters. The van der Waals surface area contributed by atoms with Crippen molar-refractivity contribution in [2.24, 2.45) is 0 Å². The third-order valence-corrected chi connectivity index (χ3v) is 8.32. The van der Waals surface area contributed by atoms with Crippen molar-refractivity contribution in [1.29, 1.82) is 0 Å². The molecule has 0 spiro atoms. The van der Waals surface area contributed by atoms with Gasteiger partial charge in [0.15, 0.2) is 0 Å². The molecule has 1 saturated heterocycles. The molecule has 1 aromatic heterocycles. The Bertz CT molecular complexity index is 1140. The molecule has 0 bridgehead atoms. The minimum Gasteiger partial charge on any atom is -0.483 e. The average Bonchev–Trinajstić information content (AvgIpc) is 3.28. The van der Waals surface area contributed by atoms with Gasteiger partial charge in [-0.25, -0.2) is 12.8 Å². The summed E-state index contributed by atoms with van der Waals surface area (Å²) in [6.45, 7) is 3.33. The van der Waals surface area contributed by atoms with Crippen LogP contribution in [0.3, 0.4) is 0 Å². The van der Waals surface area contributed by atoms with Crippen LogP contribution in [0.1, 0.15) is 39.0 Å². The van der Waals surface area contributed by atoms with E-state index in [1.54, 1.807) is 0 Å². The summed E-state index contributed by atoms with van der Waals surface area (Å²) in [5.41, 5.74) is 0.239. The molecule has 1 saturated carbocycles. The molecule has 180 valence electrons. The molecule has 2 heterocycles. The van der Waals surface area contributed by atoms with Crippen molar-refractivity contribution < 1.29 is 17.5 Å². The highest BCUT2D eigenvalue weighted by Crippen LogP contribution is 2.30. The molecule has 8 nitrogen and oxygen atoms in total. The lowest BCUT2D eigenvalue weighted by Crippen LogP contribution is -2.49. The van der Waals surface area contributed by atoms with Gasteiger partial charge in [-0.15, -0.1) is 0 Å². The van der Waals surface area contributed by atoms with E-state index >= 15 is 0 Å². The van der Waals surface area contributed by atoms with Crippen LogP contribution in [-0.4, -0.2) is 60.5 Å². The van der Waals surface area contributed by atoms with Crippen LogP contribution in [0, 0.1) is 5.82 Å². The number of piperazine rings is 1. The first-order valence-electron chi connectivity index (χ1n) is 11.3. The zero-order chi connectivity index (χ0) is 23.6. The van der Waals surface area contributed by atoms with E-state index in [-0.39, 0.29) is 28.3 Å². The van der Waals surface area contributed by atoms with E-state index in [2.05, 4.69) is 5.10 Å². The fourth-order valence-corrected chi connectivity index (χ4v) is 6.09. The quantitative estimate of drug-likeness (QED) is 0.583. The van der Waals surface area contributed by atoms with Crippen LogP contribution in [0.5, 0.6) is 5.75 Å². The third kappa shape index (κ3) is 5.33. The lowest BCUT2D eigenvalue weighted by molar-refractivity contribution is 0.205. The molecule has 0 N–H and O–H groups in total. The minimum absolute atomic E-state index is 0.0744. The summed E-state index contributed by atoms with van der Waals surface area (Å²) < 4.78 is 47.5. The number of hydrogen-bond donors (Lipinski definition) is 0. The number of ether oxygens (including phenoxy) is 1. The van der Waals surface area contributed by atoms with E-state index in [1.165, 1.54) is 22.6 Å². The van der Waals surface area contributed by atoms with Crippen LogP contribution in [0.4, 0.5) is 10.1 Å². The summed E-state index contributed by atoms with van der Waals surface area (Å²) in [4.78, 5) is 15.4. The van der Waals surface area contributed by atoms with Crippen LogP contribution in [0.25, 0.3) is 5.69 Å². The number of anilines is 1. The van der Waals surface area contributed by atoms with Crippen molar-refractivity contribution in [3.8, 4) is 11.4 Å². The molecular weight excluding hydrogens is 471 g/mol. The summed E-state index contributed by atoms with van der Waals surface area (Å²) in [6, 6.07) is 3.82. The maximum absolute atomic E-state index is 13.9. The topological polar surface area (TPSA) is 84.7 Å². The van der Waals surface area contributed by atoms with E-state index in [4.69, 9.17) is 16.3 Å². The van der Waals surface area contributed by atoms with Crippen LogP contribution < -0.4 is 15.2 Å². The van der Waals surface area contributed by atoms with Gasteiger partial charge in [0.2, 0.25) is 15.8 Å². The number of hydrogen-bond acceptors (Lipinski definition) is 6. The van der Waals surface area contributed by atoms with Crippen molar-refractivity contribution in [3.63, 3.8) is 0 Å². The van der Waals surface area contributed by atoms with Crippen molar-refractivity contribution in [2.45, 2.75) is 45.1 Å². The maximum atomic E-state index is 13.9. The molecule has 2 fully saturated rings. The summed E-state index contributed by atoms with van der Waals surface area (Å²) in [7, 11) is -3.28. The molecule has 0 atom stereocenters. The zero-order valence-corrected chi connectivity index (χ0v) is 20.1. The number of benzene rings is 1. The number of sulfonamides is 1. The molecule has 1 aliphatic carbocycles. The molecular formula is C22H28ClFN4O4S. The Kier molecular flexibility index (Phi) is 7.25. The number of aromatic nitrogens is 2. The Balaban J connectivity index is 1.66. The van der Waals surface area contributed by atoms with Crippen LogP contribution >= 0.6 is 11.6 Å². The van der Waals surface area contributed by atoms with Gasteiger partial charge in [0.05, 0.1) is 23.7 Å². The molecule has 2 aromatic rings. The Labute approximate surface area is 197 Å². The molecule has 11 heteroatoms. The van der Waals surface area contributed by atoms with Crippen molar-refractivity contribution in [2.75, 3.05) is 36.8 Å². The molecule has 1 aliphatic heterocycles. The predicted octanol–water partition coefficient (Wildman–Crippen LogP) is 3.21. The van der Waals surface area contributed by atoms with Gasteiger partial charge < -0.3 is 9.64 Å². The van der Waals surface area contributed by atoms with Gasteiger partial charge in [-0.1, -0.05) is 18.5 Å². The summed E-state index contributed by atoms with van der Waals surface area (Å²) in [5.74, 6) is -0.295. The second kappa shape index (κ2) is 9.99. The Hall–Kier alpha value is -2.17. The van der Waals surface area contributed by atoms with Crippen LogP contribution in [0.15, 0.2) is 29.2 Å². The summed E-state index contributed by atoms with van der Waals surface area (Å²) >= 11 is 5.98. The lowest BCUT2D eigenvalue weighted by Gasteiger charge is -2.36. The highest BCUT2D eigenvalue weighted by molar-refractivity contribution is 7.89. The van der Waals surface area contributed by atoms with E-state index < -0.39 is 21.4 Å². The summed E-state index contributed by atoms with van der Waals surface area (Å²) in [5, 5.41) is 4.42. The minimum atomic E-state index is -3.28. The first kappa shape index (κ1) is 24.0. The first-order chi connectivity index (χ1) is 15.8. The van der Waals surface area contributed by atoms with Gasteiger partial charge in [0.25, 0.3) is 0 Å². The fourth-order valence-electron chi connectivity index (χ4n) is 4.38. The van der Waals surface area contributed by atoms with Crippen molar-refractivity contribution >= 4 is 27.3 Å². The maximum Gasteiger partial charge on any atom is 0.316 e. The van der Waals surface area contributed by atoms with Gasteiger partial charge in [-0.2, -0.15) is 14.1 Å². The van der Waals surface area contributed by atoms with Gasteiger partial charge in [-0.3, -0.25) is 4.79 Å². The summed E-state index contributed by atoms with van der Waals surface area (Å²) in [6.07, 6.45) is 5.80. The predicted molar refractivity (Wildman–Crippen MR) is 126 cm³/mol. The highest BCUT2D eigenvalue weighted by Gasteiger charge is 2.30. The second-order valence-corrected chi connectivity index (χ2v) is 11.0. The van der Waals surface area contributed by atoms with Gasteiger partial charge in [0, 0.05) is 31.2 Å². The van der Waals surface area contributed by atoms with Gasteiger partial charge >= 0.3 is 5.56 Å². The van der Waals surface area contributed by atoms with Crippen molar-refractivity contribution in [3.05, 3.63) is 45.6 Å². The zero-order valence-electron chi connectivity index (χ0n) is 18.5. The van der Waals surface area contributed by atoms with E-state index in [0.29, 0.717) is 38.3 Å². The van der Waals surface area contributed by atoms with Crippen LogP contribution in [-0.2, 0) is 10.0 Å². The smallest absolute Gasteiger partial charge is 0.316 e. The van der Waals surface area contributed by atoms with Crippen LogP contribution in [0.2, 0.25) is 5.02 Å². The highest BCUT2D eigenvalue weighted by atomic mass is 35.5. The molecule has 4 rings (SSSR count). The van der Waals surface area contributed by atoms with E-state index in [0.717, 1.165) is 36.4 Å². The standard InChI is InChI=1S/C22H28ClFN4O4S/c1-2-11-33(30,31)27-9-7-26(8-10-27)20-15-25-28(18-13-16(23)12-17(24)14-18)22(29)21(20)32-19-5-3-4-6-19/h12-15,19H,2-11H2,1H3. The SMILES string of the molecule is CCCS(=O)(=O)N1CCN(c2cnn(-c3cc(F)cc(Cl)c3)c(=O)c2OC2CCCC2)CC1. The monoisotopic (exact) mass is 498 g/mol. The van der Waals surface area contributed by atoms with Crippen molar-refractivity contribution in [1.82, 2.24) is 14.1 Å². The normalized spacial score (nSPS) is 18.1. The number of rotatable bonds is 7. The Morgan fingerprint density at radius 2 is 1.85 bits per heavy atom. The first-order valence-corrected chi connectivity index (χ1v) is 13.3. The molecule has 0 radical (unpaired) electrons. The Morgan fingerprint density at radius 3 is 2.48 bits per heavy atom. The molecule has 2 aliphatic rings.